The van der Waals surface area contributed by atoms with Gasteiger partial charge in [-0.2, -0.15) is 0 Å². The molecule has 1 fully saturated rings. The van der Waals surface area contributed by atoms with Crippen LogP contribution in [0.2, 0.25) is 5.02 Å². The van der Waals surface area contributed by atoms with Crippen LogP contribution in [-0.4, -0.2) is 56.0 Å². The average molecular weight is 398 g/mol. The minimum atomic E-state index is -0.537. The van der Waals surface area contributed by atoms with Crippen molar-refractivity contribution < 1.29 is 24.1 Å². The number of carbonyl (C=O) groups excluding carboxylic acids is 1. The van der Waals surface area contributed by atoms with Gasteiger partial charge < -0.3 is 24.2 Å². The topological polar surface area (TPSA) is 68.2 Å². The number of ether oxygens (including phenoxy) is 3. The van der Waals surface area contributed by atoms with Crippen LogP contribution in [0.1, 0.15) is 21.3 Å². The van der Waals surface area contributed by atoms with E-state index < -0.39 is 12.1 Å². The number of carbonyl (C=O) groups is 1. The van der Waals surface area contributed by atoms with E-state index in [1.807, 2.05) is 6.07 Å². The van der Waals surface area contributed by atoms with Crippen molar-refractivity contribution in [1.82, 2.24) is 4.90 Å². The Bertz CT molecular complexity index is 781. The Kier molecular flexibility index (Phi) is 6.03. The normalized spacial score (nSPS) is 20.1. The molecule has 2 atom stereocenters. The van der Waals surface area contributed by atoms with Gasteiger partial charge in [0.15, 0.2) is 11.5 Å². The number of hydrogen-bond donors (Lipinski definition) is 1. The largest absolute Gasteiger partial charge is 0.493 e. The van der Waals surface area contributed by atoms with Gasteiger partial charge in [0.1, 0.15) is 11.0 Å². The van der Waals surface area contributed by atoms with Gasteiger partial charge in [-0.1, -0.05) is 17.7 Å². The van der Waals surface area contributed by atoms with Crippen LogP contribution in [0, 0.1) is 0 Å². The van der Waals surface area contributed by atoms with Crippen molar-refractivity contribution in [1.29, 1.82) is 0 Å². The molecule has 3 rings (SSSR count). The molecule has 0 saturated carbocycles. The molecule has 0 radical (unpaired) electrons. The minimum Gasteiger partial charge on any atom is -0.493 e. The highest BCUT2D eigenvalue weighted by atomic mass is 35.5. The molecule has 140 valence electrons. The van der Waals surface area contributed by atoms with Gasteiger partial charge in [0.2, 0.25) is 0 Å². The van der Waals surface area contributed by atoms with Crippen molar-refractivity contribution in [3.63, 3.8) is 0 Å². The molecule has 1 N–H and O–H groups in total. The first kappa shape index (κ1) is 19.0. The van der Waals surface area contributed by atoms with Crippen LogP contribution in [0.4, 0.5) is 0 Å². The van der Waals surface area contributed by atoms with E-state index in [1.165, 1.54) is 11.3 Å². The summed E-state index contributed by atoms with van der Waals surface area (Å²) in [4.78, 5) is 15.2. The number of aliphatic hydroxyl groups is 1. The summed E-state index contributed by atoms with van der Waals surface area (Å²) in [6.07, 6.45) is -0.537. The van der Waals surface area contributed by atoms with E-state index in [-0.39, 0.29) is 12.5 Å². The molecule has 26 heavy (non-hydrogen) atoms. The molecular formula is C18H20ClNO5S. The van der Waals surface area contributed by atoms with Gasteiger partial charge in [-0.05, 0) is 29.1 Å². The first-order chi connectivity index (χ1) is 12.6. The standard InChI is InChI=1S/C18H20ClNO5S/c1-23-13-4-3-11(9-14(13)24-2)16-15(10-21)25-7-6-20(16)18(22)17-12(19)5-8-26-17/h3-5,8-9,15-16,21H,6-7,10H2,1-2H3/t15-,16-/m1/s1. The Morgan fingerprint density at radius 2 is 2.12 bits per heavy atom. The number of rotatable bonds is 5. The van der Waals surface area contributed by atoms with E-state index in [1.54, 1.807) is 42.7 Å². The van der Waals surface area contributed by atoms with Gasteiger partial charge in [-0.15, -0.1) is 11.3 Å². The highest BCUT2D eigenvalue weighted by Crippen LogP contribution is 2.37. The zero-order chi connectivity index (χ0) is 18.7. The quantitative estimate of drug-likeness (QED) is 0.840. The number of morpholine rings is 1. The number of methoxy groups -OCH3 is 2. The molecule has 0 unspecified atom stereocenters. The molecule has 0 bridgehead atoms. The molecule has 0 spiro atoms. The SMILES string of the molecule is COc1ccc([C@@H]2[C@@H](CO)OCCN2C(=O)c2sccc2Cl)cc1OC. The first-order valence-electron chi connectivity index (χ1n) is 8.09. The summed E-state index contributed by atoms with van der Waals surface area (Å²) in [5.74, 6) is 0.966. The van der Waals surface area contributed by atoms with Crippen molar-refractivity contribution in [2.75, 3.05) is 34.0 Å². The molecular weight excluding hydrogens is 378 g/mol. The van der Waals surface area contributed by atoms with Crippen LogP contribution >= 0.6 is 22.9 Å². The summed E-state index contributed by atoms with van der Waals surface area (Å²) < 4.78 is 16.4. The lowest BCUT2D eigenvalue weighted by molar-refractivity contribution is -0.0810. The van der Waals surface area contributed by atoms with Crippen LogP contribution in [0.3, 0.4) is 0 Å². The Morgan fingerprint density at radius 1 is 1.35 bits per heavy atom. The monoisotopic (exact) mass is 397 g/mol. The maximum absolute atomic E-state index is 13.1. The summed E-state index contributed by atoms with van der Waals surface area (Å²) in [6, 6.07) is 6.67. The summed E-state index contributed by atoms with van der Waals surface area (Å²) >= 11 is 7.45. The van der Waals surface area contributed by atoms with E-state index in [4.69, 9.17) is 25.8 Å². The third kappa shape index (κ3) is 3.53. The van der Waals surface area contributed by atoms with Crippen LogP contribution in [0.15, 0.2) is 29.6 Å². The minimum absolute atomic E-state index is 0.175. The smallest absolute Gasteiger partial charge is 0.266 e. The lowest BCUT2D eigenvalue weighted by atomic mass is 9.97. The second-order valence-corrected chi connectivity index (χ2v) is 7.07. The predicted molar refractivity (Wildman–Crippen MR) is 99.5 cm³/mol. The number of amides is 1. The van der Waals surface area contributed by atoms with Gasteiger partial charge >= 0.3 is 0 Å². The fourth-order valence-corrected chi connectivity index (χ4v) is 4.21. The van der Waals surface area contributed by atoms with Gasteiger partial charge in [-0.3, -0.25) is 4.79 Å². The Morgan fingerprint density at radius 3 is 2.73 bits per heavy atom. The highest BCUT2D eigenvalue weighted by molar-refractivity contribution is 7.12. The number of hydrogen-bond acceptors (Lipinski definition) is 6. The van der Waals surface area contributed by atoms with Crippen molar-refractivity contribution in [3.05, 3.63) is 45.1 Å². The van der Waals surface area contributed by atoms with Gasteiger partial charge in [0.25, 0.3) is 5.91 Å². The molecule has 2 aromatic rings. The number of nitrogens with zero attached hydrogens (tertiary/aromatic N) is 1. The van der Waals surface area contributed by atoms with E-state index in [0.29, 0.717) is 34.6 Å². The Labute approximate surface area is 160 Å². The van der Waals surface area contributed by atoms with Crippen molar-refractivity contribution >= 4 is 28.8 Å². The Hall–Kier alpha value is -1.80. The maximum Gasteiger partial charge on any atom is 0.266 e. The van der Waals surface area contributed by atoms with E-state index in [2.05, 4.69) is 0 Å². The molecule has 1 aliphatic heterocycles. The molecule has 1 aromatic heterocycles. The van der Waals surface area contributed by atoms with Gasteiger partial charge in [-0.25, -0.2) is 0 Å². The zero-order valence-corrected chi connectivity index (χ0v) is 16.0. The van der Waals surface area contributed by atoms with E-state index in [9.17, 15) is 9.90 Å². The van der Waals surface area contributed by atoms with Gasteiger partial charge in [0, 0.05) is 6.54 Å². The molecule has 6 nitrogen and oxygen atoms in total. The molecule has 1 saturated heterocycles. The van der Waals surface area contributed by atoms with Crippen molar-refractivity contribution in [2.24, 2.45) is 0 Å². The number of thiophene rings is 1. The number of halogens is 1. The van der Waals surface area contributed by atoms with Gasteiger partial charge in [0.05, 0.1) is 38.5 Å². The first-order valence-corrected chi connectivity index (χ1v) is 9.34. The number of aliphatic hydroxyl groups excluding tert-OH is 1. The summed E-state index contributed by atoms with van der Waals surface area (Å²) in [5.41, 5.74) is 0.794. The fraction of sp³-hybridized carbons (Fsp3) is 0.389. The average Bonchev–Trinajstić information content (AvgIpc) is 3.12. The summed E-state index contributed by atoms with van der Waals surface area (Å²) in [7, 11) is 3.11. The second kappa shape index (κ2) is 8.26. The predicted octanol–water partition coefficient (Wildman–Crippen LogP) is 2.99. The van der Waals surface area contributed by atoms with Crippen molar-refractivity contribution in [3.8, 4) is 11.5 Å². The highest BCUT2D eigenvalue weighted by Gasteiger charge is 2.37. The third-order valence-corrected chi connectivity index (χ3v) is 5.68. The lowest BCUT2D eigenvalue weighted by Crippen LogP contribution is -2.49. The maximum atomic E-state index is 13.1. The summed E-state index contributed by atoms with van der Waals surface area (Å²) in [5, 5.41) is 12.0. The summed E-state index contributed by atoms with van der Waals surface area (Å²) in [6.45, 7) is 0.549. The molecule has 1 amide bonds. The molecule has 1 aliphatic rings. The van der Waals surface area contributed by atoms with Crippen LogP contribution in [0.25, 0.3) is 0 Å². The molecule has 8 heteroatoms. The van der Waals surface area contributed by atoms with E-state index >= 15 is 0 Å². The fourth-order valence-electron chi connectivity index (χ4n) is 3.12. The van der Waals surface area contributed by atoms with Crippen molar-refractivity contribution in [2.45, 2.75) is 12.1 Å². The molecule has 0 aliphatic carbocycles. The Balaban J connectivity index is 2.01. The van der Waals surface area contributed by atoms with Crippen LogP contribution in [-0.2, 0) is 4.74 Å². The van der Waals surface area contributed by atoms with Crippen LogP contribution in [0.5, 0.6) is 11.5 Å². The van der Waals surface area contributed by atoms with E-state index in [0.717, 1.165) is 5.56 Å². The number of benzene rings is 1. The molecule has 2 heterocycles. The second-order valence-electron chi connectivity index (χ2n) is 5.75. The third-order valence-electron chi connectivity index (χ3n) is 4.35. The lowest BCUT2D eigenvalue weighted by Gasteiger charge is -2.40. The van der Waals surface area contributed by atoms with Crippen LogP contribution < -0.4 is 9.47 Å². The zero-order valence-electron chi connectivity index (χ0n) is 14.5. The molecule has 1 aromatic carbocycles.